The molecule has 1 aliphatic carbocycles. The molecule has 1 aromatic heterocycles. The molecule has 4 heteroatoms. The maximum Gasteiger partial charge on any atom is 0.229 e. The van der Waals surface area contributed by atoms with Gasteiger partial charge in [-0.1, -0.05) is 12.2 Å². The molecule has 1 heterocycles. The first-order chi connectivity index (χ1) is 7.04. The monoisotopic (exact) mass is 207 g/mol. The zero-order chi connectivity index (χ0) is 11.1. The summed E-state index contributed by atoms with van der Waals surface area (Å²) in [6, 6.07) is 2.95. The van der Waals surface area contributed by atoms with E-state index in [1.807, 2.05) is 6.92 Å². The minimum Gasteiger partial charge on any atom is -0.468 e. The van der Waals surface area contributed by atoms with Crippen LogP contribution in [0.4, 0.5) is 0 Å². The van der Waals surface area contributed by atoms with Gasteiger partial charge in [0, 0.05) is 11.3 Å². The van der Waals surface area contributed by atoms with E-state index in [1.165, 1.54) is 0 Å². The molecule has 4 nitrogen and oxygen atoms in total. The SMILES string of the molecule is C=C1C[C@H]([N+](=O)[O-])[C@@](C)(c2ccco2)C1. The zero-order valence-corrected chi connectivity index (χ0v) is 8.60. The molecule has 0 aliphatic heterocycles. The summed E-state index contributed by atoms with van der Waals surface area (Å²) in [6.45, 7) is 5.72. The first kappa shape index (κ1) is 9.96. The van der Waals surface area contributed by atoms with Gasteiger partial charge in [-0.05, 0) is 25.5 Å². The number of rotatable bonds is 2. The van der Waals surface area contributed by atoms with E-state index in [9.17, 15) is 10.1 Å². The lowest BCUT2D eigenvalue weighted by Gasteiger charge is -2.22. The maximum atomic E-state index is 11.0. The fourth-order valence-corrected chi connectivity index (χ4v) is 2.37. The first-order valence-electron chi connectivity index (χ1n) is 4.88. The molecule has 0 saturated heterocycles. The Balaban J connectivity index is 2.41. The summed E-state index contributed by atoms with van der Waals surface area (Å²) in [5, 5.41) is 11.0. The molecular weight excluding hydrogens is 194 g/mol. The molecule has 2 rings (SSSR count). The molecule has 15 heavy (non-hydrogen) atoms. The van der Waals surface area contributed by atoms with Gasteiger partial charge in [0.05, 0.1) is 11.7 Å². The predicted octanol–water partition coefficient (Wildman–Crippen LogP) is 2.53. The summed E-state index contributed by atoms with van der Waals surface area (Å²) in [6.07, 6.45) is 2.63. The van der Waals surface area contributed by atoms with Crippen LogP contribution in [0.5, 0.6) is 0 Å². The fourth-order valence-electron chi connectivity index (χ4n) is 2.37. The minimum atomic E-state index is -0.615. The molecule has 1 fully saturated rings. The molecule has 0 aromatic carbocycles. The average Bonchev–Trinajstić information content (AvgIpc) is 2.72. The molecule has 0 amide bonds. The van der Waals surface area contributed by atoms with Crippen molar-refractivity contribution < 1.29 is 9.34 Å². The van der Waals surface area contributed by atoms with Crippen molar-refractivity contribution in [1.82, 2.24) is 0 Å². The van der Waals surface area contributed by atoms with Crippen molar-refractivity contribution in [2.45, 2.75) is 31.2 Å². The summed E-state index contributed by atoms with van der Waals surface area (Å²) in [4.78, 5) is 10.8. The van der Waals surface area contributed by atoms with E-state index >= 15 is 0 Å². The van der Waals surface area contributed by atoms with Crippen molar-refractivity contribution in [2.24, 2.45) is 0 Å². The van der Waals surface area contributed by atoms with Crippen molar-refractivity contribution >= 4 is 0 Å². The molecule has 0 N–H and O–H groups in total. The number of nitro groups is 1. The molecule has 0 radical (unpaired) electrons. The highest BCUT2D eigenvalue weighted by Crippen LogP contribution is 2.44. The van der Waals surface area contributed by atoms with Gasteiger partial charge < -0.3 is 4.42 Å². The van der Waals surface area contributed by atoms with Crippen LogP contribution < -0.4 is 0 Å². The Hall–Kier alpha value is -1.58. The van der Waals surface area contributed by atoms with Gasteiger partial charge in [0.2, 0.25) is 6.04 Å². The lowest BCUT2D eigenvalue weighted by molar-refractivity contribution is -0.531. The van der Waals surface area contributed by atoms with Crippen LogP contribution in [-0.4, -0.2) is 11.0 Å². The third-order valence-electron chi connectivity index (χ3n) is 3.17. The van der Waals surface area contributed by atoms with Crippen LogP contribution in [0.1, 0.15) is 25.5 Å². The van der Waals surface area contributed by atoms with Crippen LogP contribution in [0.15, 0.2) is 35.0 Å². The standard InChI is InChI=1S/C11H13NO3/c1-8-6-9(12(13)14)11(2,7-8)10-4-3-5-15-10/h3-5,9H,1,6-7H2,2H3/t9-,11-/m0/s1. The third-order valence-corrected chi connectivity index (χ3v) is 3.17. The van der Waals surface area contributed by atoms with E-state index in [1.54, 1.807) is 18.4 Å². The number of hydrogen-bond donors (Lipinski definition) is 0. The molecule has 1 saturated carbocycles. The van der Waals surface area contributed by atoms with Crippen molar-refractivity contribution in [3.8, 4) is 0 Å². The Bertz CT molecular complexity index is 396. The van der Waals surface area contributed by atoms with Gasteiger partial charge in [0.1, 0.15) is 5.76 Å². The molecule has 0 bridgehead atoms. The topological polar surface area (TPSA) is 56.3 Å². The van der Waals surface area contributed by atoms with E-state index in [4.69, 9.17) is 4.42 Å². The maximum absolute atomic E-state index is 11.0. The van der Waals surface area contributed by atoms with Crippen LogP contribution in [0.3, 0.4) is 0 Å². The van der Waals surface area contributed by atoms with Crippen LogP contribution in [0.25, 0.3) is 0 Å². The highest BCUT2D eigenvalue weighted by Gasteiger charge is 2.51. The fraction of sp³-hybridized carbons (Fsp3) is 0.455. The summed E-state index contributed by atoms with van der Waals surface area (Å²) < 4.78 is 5.30. The second-order valence-corrected chi connectivity index (χ2v) is 4.33. The molecule has 1 aromatic rings. The molecule has 0 spiro atoms. The van der Waals surface area contributed by atoms with Crippen LogP contribution in [0.2, 0.25) is 0 Å². The molecule has 0 unspecified atom stereocenters. The summed E-state index contributed by atoms with van der Waals surface area (Å²) in [7, 11) is 0. The van der Waals surface area contributed by atoms with E-state index in [-0.39, 0.29) is 4.92 Å². The highest BCUT2D eigenvalue weighted by atomic mass is 16.6. The highest BCUT2D eigenvalue weighted by molar-refractivity contribution is 5.26. The summed E-state index contributed by atoms with van der Waals surface area (Å²) in [5.74, 6) is 0.683. The average molecular weight is 207 g/mol. The van der Waals surface area contributed by atoms with Crippen molar-refractivity contribution in [2.75, 3.05) is 0 Å². The lowest BCUT2D eigenvalue weighted by Crippen LogP contribution is -2.36. The second kappa shape index (κ2) is 3.22. The van der Waals surface area contributed by atoms with E-state index in [2.05, 4.69) is 6.58 Å². The van der Waals surface area contributed by atoms with Gasteiger partial charge >= 0.3 is 0 Å². The quantitative estimate of drug-likeness (QED) is 0.425. The molecular formula is C11H13NO3. The third kappa shape index (κ3) is 1.46. The van der Waals surface area contributed by atoms with Gasteiger partial charge in [-0.3, -0.25) is 10.1 Å². The largest absolute Gasteiger partial charge is 0.468 e. The molecule has 1 aliphatic rings. The number of nitrogens with zero attached hydrogens (tertiary/aromatic N) is 1. The van der Waals surface area contributed by atoms with Gasteiger partial charge in [-0.2, -0.15) is 0 Å². The molecule has 80 valence electrons. The lowest BCUT2D eigenvalue weighted by atomic mass is 9.82. The number of hydrogen-bond acceptors (Lipinski definition) is 3. The Labute approximate surface area is 87.7 Å². The van der Waals surface area contributed by atoms with Gasteiger partial charge in [-0.15, -0.1) is 0 Å². The Morgan fingerprint density at radius 1 is 1.73 bits per heavy atom. The first-order valence-corrected chi connectivity index (χ1v) is 4.88. The number of furan rings is 1. The zero-order valence-electron chi connectivity index (χ0n) is 8.60. The summed E-state index contributed by atoms with van der Waals surface area (Å²) in [5.41, 5.74) is 0.389. The van der Waals surface area contributed by atoms with Crippen LogP contribution in [-0.2, 0) is 5.41 Å². The predicted molar refractivity (Wildman–Crippen MR) is 55.2 cm³/mol. The van der Waals surface area contributed by atoms with Gasteiger partial charge in [-0.25, -0.2) is 0 Å². The van der Waals surface area contributed by atoms with Crippen molar-refractivity contribution in [3.05, 3.63) is 46.4 Å². The van der Waals surface area contributed by atoms with E-state index in [0.29, 0.717) is 18.6 Å². The summed E-state index contributed by atoms with van der Waals surface area (Å²) >= 11 is 0. The minimum absolute atomic E-state index is 0.222. The van der Waals surface area contributed by atoms with E-state index in [0.717, 1.165) is 5.57 Å². The smallest absolute Gasteiger partial charge is 0.229 e. The normalized spacial score (nSPS) is 30.7. The van der Waals surface area contributed by atoms with Crippen LogP contribution in [0, 0.1) is 10.1 Å². The Kier molecular flexibility index (Phi) is 2.14. The van der Waals surface area contributed by atoms with Crippen molar-refractivity contribution in [1.29, 1.82) is 0 Å². The van der Waals surface area contributed by atoms with Crippen LogP contribution >= 0.6 is 0 Å². The van der Waals surface area contributed by atoms with Gasteiger partial charge in [0.15, 0.2) is 0 Å². The molecule has 2 atom stereocenters. The Morgan fingerprint density at radius 2 is 2.47 bits per heavy atom. The Morgan fingerprint density at radius 3 is 3.00 bits per heavy atom. The van der Waals surface area contributed by atoms with Gasteiger partial charge in [0.25, 0.3) is 0 Å². The van der Waals surface area contributed by atoms with Crippen molar-refractivity contribution in [3.63, 3.8) is 0 Å². The van der Waals surface area contributed by atoms with E-state index < -0.39 is 11.5 Å². The second-order valence-electron chi connectivity index (χ2n) is 4.33.